The molecular formula is C19H20N4O3S. The van der Waals surface area contributed by atoms with Crippen LogP contribution in [0, 0.1) is 0 Å². The highest BCUT2D eigenvalue weighted by Gasteiger charge is 2.31. The molecule has 0 aliphatic rings. The van der Waals surface area contributed by atoms with Crippen LogP contribution in [0.2, 0.25) is 0 Å². The molecule has 0 spiro atoms. The third kappa shape index (κ3) is 4.65. The smallest absolute Gasteiger partial charge is 0.303 e. The molecule has 7 nitrogen and oxygen atoms in total. The summed E-state index contributed by atoms with van der Waals surface area (Å²) < 4.78 is 10.9. The van der Waals surface area contributed by atoms with E-state index in [-0.39, 0.29) is 5.89 Å². The number of carbonyl (C=O) groups excluding carboxylic acids is 1. The molecule has 3 aromatic rings. The van der Waals surface area contributed by atoms with E-state index in [1.165, 1.54) is 11.8 Å². The van der Waals surface area contributed by atoms with Crippen molar-refractivity contribution >= 4 is 29.2 Å². The number of esters is 1. The number of nitrogens with one attached hydrogen (secondary N) is 1. The fourth-order valence-electron chi connectivity index (χ4n) is 2.44. The third-order valence-corrected chi connectivity index (χ3v) is 4.45. The lowest BCUT2D eigenvalue weighted by Gasteiger charge is -2.19. The average molecular weight is 384 g/mol. The maximum Gasteiger partial charge on any atom is 0.303 e. The highest BCUT2D eigenvalue weighted by Crippen LogP contribution is 2.28. The van der Waals surface area contributed by atoms with Gasteiger partial charge in [0, 0.05) is 29.3 Å². The Bertz CT molecular complexity index is 938. The highest BCUT2D eigenvalue weighted by molar-refractivity contribution is 7.98. The Morgan fingerprint density at radius 3 is 2.59 bits per heavy atom. The third-order valence-electron chi connectivity index (χ3n) is 3.71. The molecule has 0 unspecified atom stereocenters. The van der Waals surface area contributed by atoms with Gasteiger partial charge in [-0.1, -0.05) is 0 Å². The summed E-state index contributed by atoms with van der Waals surface area (Å²) in [7, 11) is 0. The first-order chi connectivity index (χ1) is 12.9. The molecule has 0 aliphatic heterocycles. The molecule has 0 saturated carbocycles. The van der Waals surface area contributed by atoms with E-state index in [0.717, 1.165) is 5.69 Å². The van der Waals surface area contributed by atoms with Crippen LogP contribution in [0.5, 0.6) is 0 Å². The second kappa shape index (κ2) is 7.79. The van der Waals surface area contributed by atoms with Crippen LogP contribution in [0.1, 0.15) is 26.7 Å². The van der Waals surface area contributed by atoms with Crippen LogP contribution in [0.4, 0.5) is 11.5 Å². The molecule has 0 fully saturated rings. The van der Waals surface area contributed by atoms with E-state index in [1.54, 1.807) is 37.9 Å². The normalized spacial score (nSPS) is 11.3. The maximum absolute atomic E-state index is 11.2. The molecule has 1 aromatic carbocycles. The van der Waals surface area contributed by atoms with E-state index in [4.69, 9.17) is 9.15 Å². The van der Waals surface area contributed by atoms with Crippen LogP contribution in [0.25, 0.3) is 11.5 Å². The lowest BCUT2D eigenvalue weighted by Crippen LogP contribution is -2.24. The average Bonchev–Trinajstić information content (AvgIpc) is 3.13. The van der Waals surface area contributed by atoms with Gasteiger partial charge in [0.2, 0.25) is 5.89 Å². The van der Waals surface area contributed by atoms with Gasteiger partial charge in [-0.05, 0) is 56.5 Å². The predicted octanol–water partition coefficient (Wildman–Crippen LogP) is 4.40. The molecule has 27 heavy (non-hydrogen) atoms. The van der Waals surface area contributed by atoms with Crippen LogP contribution < -0.4 is 5.32 Å². The van der Waals surface area contributed by atoms with Crippen molar-refractivity contribution in [3.8, 4) is 11.5 Å². The van der Waals surface area contributed by atoms with Crippen LogP contribution >= 0.6 is 11.8 Å². The first kappa shape index (κ1) is 18.9. The molecule has 2 heterocycles. The molecule has 0 atom stereocenters. The second-order valence-corrected chi connectivity index (χ2v) is 7.18. The molecule has 1 N–H and O–H groups in total. The highest BCUT2D eigenvalue weighted by atomic mass is 32.2. The summed E-state index contributed by atoms with van der Waals surface area (Å²) in [5.74, 6) is 0.797. The SMILES string of the molecule is CSc1ccc(Nc2cc(-c3nnc(C(C)(C)OC(C)=O)o3)ccn2)cc1. The Balaban J connectivity index is 1.80. The zero-order valence-electron chi connectivity index (χ0n) is 15.5. The monoisotopic (exact) mass is 384 g/mol. The molecule has 0 saturated heterocycles. The van der Waals surface area contributed by atoms with Crippen molar-refractivity contribution in [3.63, 3.8) is 0 Å². The van der Waals surface area contributed by atoms with Crippen LogP contribution in [0.3, 0.4) is 0 Å². The van der Waals surface area contributed by atoms with Crippen molar-refractivity contribution in [2.24, 2.45) is 0 Å². The Hall–Kier alpha value is -2.87. The number of pyridine rings is 1. The lowest BCUT2D eigenvalue weighted by molar-refractivity contribution is -0.156. The van der Waals surface area contributed by atoms with E-state index >= 15 is 0 Å². The number of benzene rings is 1. The van der Waals surface area contributed by atoms with E-state index < -0.39 is 11.6 Å². The van der Waals surface area contributed by atoms with Gasteiger partial charge in [0.15, 0.2) is 5.60 Å². The molecule has 0 bridgehead atoms. The zero-order chi connectivity index (χ0) is 19.4. The number of carbonyl (C=O) groups is 1. The number of thioether (sulfide) groups is 1. The van der Waals surface area contributed by atoms with Crippen molar-refractivity contribution < 1.29 is 13.9 Å². The first-order valence-electron chi connectivity index (χ1n) is 8.28. The van der Waals surface area contributed by atoms with E-state index in [1.807, 2.05) is 36.6 Å². The van der Waals surface area contributed by atoms with E-state index in [2.05, 4.69) is 20.5 Å². The van der Waals surface area contributed by atoms with Gasteiger partial charge in [0.1, 0.15) is 5.82 Å². The molecule has 2 aromatic heterocycles. The summed E-state index contributed by atoms with van der Waals surface area (Å²) in [5, 5.41) is 11.3. The summed E-state index contributed by atoms with van der Waals surface area (Å²) in [6.45, 7) is 4.73. The first-order valence-corrected chi connectivity index (χ1v) is 9.51. The number of anilines is 2. The minimum Gasteiger partial charge on any atom is -0.450 e. The van der Waals surface area contributed by atoms with Gasteiger partial charge >= 0.3 is 5.97 Å². The lowest BCUT2D eigenvalue weighted by atomic mass is 10.1. The number of rotatable bonds is 6. The Labute approximate surface area is 161 Å². The minimum absolute atomic E-state index is 0.228. The molecular weight excluding hydrogens is 364 g/mol. The topological polar surface area (TPSA) is 90.1 Å². The van der Waals surface area contributed by atoms with E-state index in [0.29, 0.717) is 17.3 Å². The van der Waals surface area contributed by atoms with Crippen molar-refractivity contribution in [1.82, 2.24) is 15.2 Å². The van der Waals surface area contributed by atoms with Gasteiger partial charge in [0.05, 0.1) is 0 Å². The summed E-state index contributed by atoms with van der Waals surface area (Å²) in [6.07, 6.45) is 3.70. The summed E-state index contributed by atoms with van der Waals surface area (Å²) in [4.78, 5) is 16.8. The van der Waals surface area contributed by atoms with Gasteiger partial charge in [-0.25, -0.2) is 4.98 Å². The van der Waals surface area contributed by atoms with Gasteiger partial charge in [-0.2, -0.15) is 0 Å². The summed E-state index contributed by atoms with van der Waals surface area (Å²) >= 11 is 1.69. The molecule has 3 rings (SSSR count). The van der Waals surface area contributed by atoms with Crippen LogP contribution in [0.15, 0.2) is 51.9 Å². The second-order valence-electron chi connectivity index (χ2n) is 6.30. The molecule has 140 valence electrons. The Kier molecular flexibility index (Phi) is 5.46. The van der Waals surface area contributed by atoms with E-state index in [9.17, 15) is 4.79 Å². The number of nitrogens with zero attached hydrogens (tertiary/aromatic N) is 3. The molecule has 0 radical (unpaired) electrons. The Morgan fingerprint density at radius 2 is 1.93 bits per heavy atom. The van der Waals surface area contributed by atoms with Crippen LogP contribution in [-0.2, 0) is 15.1 Å². The van der Waals surface area contributed by atoms with Gasteiger partial charge < -0.3 is 14.5 Å². The van der Waals surface area contributed by atoms with Crippen LogP contribution in [-0.4, -0.2) is 27.4 Å². The largest absolute Gasteiger partial charge is 0.450 e. The predicted molar refractivity (Wildman–Crippen MR) is 104 cm³/mol. The fraction of sp³-hybridized carbons (Fsp3) is 0.263. The van der Waals surface area contributed by atoms with Crippen molar-refractivity contribution in [2.45, 2.75) is 31.3 Å². The molecule has 0 amide bonds. The summed E-state index contributed by atoms with van der Waals surface area (Å²) in [6, 6.07) is 11.7. The quantitative estimate of drug-likeness (QED) is 0.494. The van der Waals surface area contributed by atoms with Crippen molar-refractivity contribution in [3.05, 3.63) is 48.5 Å². The fourth-order valence-corrected chi connectivity index (χ4v) is 2.85. The zero-order valence-corrected chi connectivity index (χ0v) is 16.3. The number of aromatic nitrogens is 3. The number of hydrogen-bond donors (Lipinski definition) is 1. The van der Waals surface area contributed by atoms with Gasteiger partial charge in [-0.15, -0.1) is 22.0 Å². The Morgan fingerprint density at radius 1 is 1.19 bits per heavy atom. The van der Waals surface area contributed by atoms with Crippen molar-refractivity contribution in [1.29, 1.82) is 0 Å². The maximum atomic E-state index is 11.2. The number of ether oxygens (including phenoxy) is 1. The summed E-state index contributed by atoms with van der Waals surface area (Å²) in [5.41, 5.74) is 0.648. The van der Waals surface area contributed by atoms with Gasteiger partial charge in [-0.3, -0.25) is 4.79 Å². The molecule has 8 heteroatoms. The standard InChI is InChI=1S/C19H20N4O3S/c1-12(24)26-19(2,3)18-23-22-17(25-18)13-9-10-20-16(11-13)21-14-5-7-15(27-4)8-6-14/h5-11H,1-4H3,(H,20,21). The number of hydrogen-bond acceptors (Lipinski definition) is 8. The minimum atomic E-state index is -0.996. The van der Waals surface area contributed by atoms with Crippen molar-refractivity contribution in [2.75, 3.05) is 11.6 Å². The van der Waals surface area contributed by atoms with Gasteiger partial charge in [0.25, 0.3) is 5.89 Å². The molecule has 0 aliphatic carbocycles.